The lowest BCUT2D eigenvalue weighted by molar-refractivity contribution is -0.110. The number of carbonyl (C=O) groups is 1. The molecule has 1 aliphatic heterocycles. The molecule has 4 aliphatic rings. The molecular weight excluding hydrogens is 392 g/mol. The molecule has 2 heteroatoms. The van der Waals surface area contributed by atoms with Crippen LogP contribution in [0.15, 0.2) is 96.6 Å². The number of ether oxygens (including phenoxy) is 1. The van der Waals surface area contributed by atoms with Crippen molar-refractivity contribution in [3.8, 4) is 0 Å². The minimum absolute atomic E-state index is 0.101. The van der Waals surface area contributed by atoms with Crippen LogP contribution in [-0.4, -0.2) is 18.0 Å². The highest BCUT2D eigenvalue weighted by atomic mass is 16.6. The third kappa shape index (κ3) is 3.37. The van der Waals surface area contributed by atoms with Crippen molar-refractivity contribution in [3.05, 3.63) is 119 Å². The van der Waals surface area contributed by atoms with Crippen molar-refractivity contribution in [1.82, 2.24) is 0 Å². The van der Waals surface area contributed by atoms with Gasteiger partial charge < -0.3 is 4.74 Å². The molecular formula is C30H24O2. The van der Waals surface area contributed by atoms with Gasteiger partial charge in [0.25, 0.3) is 0 Å². The molecule has 3 aromatic carbocycles. The van der Waals surface area contributed by atoms with Crippen molar-refractivity contribution in [2.24, 2.45) is 0 Å². The molecule has 2 fully saturated rings. The van der Waals surface area contributed by atoms with Gasteiger partial charge in [0.15, 0.2) is 5.78 Å². The van der Waals surface area contributed by atoms with Gasteiger partial charge in [0.2, 0.25) is 0 Å². The molecule has 0 amide bonds. The van der Waals surface area contributed by atoms with Crippen LogP contribution in [0.3, 0.4) is 0 Å². The summed E-state index contributed by atoms with van der Waals surface area (Å²) in [6.45, 7) is 0. The number of hydrogen-bond donors (Lipinski definition) is 0. The van der Waals surface area contributed by atoms with Crippen LogP contribution in [0.4, 0.5) is 0 Å². The van der Waals surface area contributed by atoms with E-state index in [2.05, 4.69) is 30.3 Å². The Morgan fingerprint density at radius 1 is 0.656 bits per heavy atom. The summed E-state index contributed by atoms with van der Waals surface area (Å²) in [5.74, 6) is 0.101. The summed E-state index contributed by atoms with van der Waals surface area (Å²) in [5.41, 5.74) is 7.87. The number of fused-ring (bicyclic) bond motifs is 4. The van der Waals surface area contributed by atoms with E-state index in [-0.39, 0.29) is 5.78 Å². The van der Waals surface area contributed by atoms with Gasteiger partial charge in [-0.3, -0.25) is 4.79 Å². The van der Waals surface area contributed by atoms with Crippen LogP contribution >= 0.6 is 0 Å². The molecule has 0 radical (unpaired) electrons. The SMILES string of the molecule is C1CC2OC2C1.O=C1C2=Cc3ccccc3C2=CC(c2ccccc2)=C1c1ccccc1. The maximum Gasteiger partial charge on any atom is 0.194 e. The minimum Gasteiger partial charge on any atom is -0.370 e. The molecule has 7 rings (SSSR count). The Hall–Kier alpha value is -3.49. The van der Waals surface area contributed by atoms with Crippen LogP contribution in [0.1, 0.15) is 41.5 Å². The molecule has 32 heavy (non-hydrogen) atoms. The average molecular weight is 417 g/mol. The molecule has 0 N–H and O–H groups in total. The number of rotatable bonds is 2. The molecule has 0 aromatic heterocycles. The first-order chi connectivity index (χ1) is 15.8. The van der Waals surface area contributed by atoms with Gasteiger partial charge in [-0.2, -0.15) is 0 Å². The second-order valence-electron chi connectivity index (χ2n) is 8.70. The highest BCUT2D eigenvalue weighted by Crippen LogP contribution is 2.45. The first kappa shape index (κ1) is 19.2. The molecule has 0 spiro atoms. The van der Waals surface area contributed by atoms with Gasteiger partial charge in [0, 0.05) is 11.1 Å². The van der Waals surface area contributed by atoms with Gasteiger partial charge in [-0.1, -0.05) is 84.9 Å². The van der Waals surface area contributed by atoms with E-state index >= 15 is 0 Å². The Morgan fingerprint density at radius 2 is 1.28 bits per heavy atom. The minimum atomic E-state index is 0.101. The fourth-order valence-corrected chi connectivity index (χ4v) is 5.01. The van der Waals surface area contributed by atoms with Crippen molar-refractivity contribution >= 4 is 28.6 Å². The molecule has 1 heterocycles. The summed E-state index contributed by atoms with van der Waals surface area (Å²) < 4.78 is 5.15. The maximum atomic E-state index is 13.5. The van der Waals surface area contributed by atoms with Crippen LogP contribution in [0.25, 0.3) is 22.8 Å². The Kier molecular flexibility index (Phi) is 4.74. The number of ketones is 1. The third-order valence-electron chi connectivity index (χ3n) is 6.68. The van der Waals surface area contributed by atoms with Crippen LogP contribution in [0.2, 0.25) is 0 Å². The van der Waals surface area contributed by atoms with Gasteiger partial charge in [-0.15, -0.1) is 0 Å². The molecule has 1 saturated carbocycles. The van der Waals surface area contributed by atoms with Crippen molar-refractivity contribution in [1.29, 1.82) is 0 Å². The highest BCUT2D eigenvalue weighted by molar-refractivity contribution is 6.44. The summed E-state index contributed by atoms with van der Waals surface area (Å²) in [7, 11) is 0. The second kappa shape index (κ2) is 7.89. The van der Waals surface area contributed by atoms with Crippen molar-refractivity contribution in [2.45, 2.75) is 31.5 Å². The number of epoxide rings is 1. The molecule has 3 aromatic rings. The third-order valence-corrected chi connectivity index (χ3v) is 6.68. The summed E-state index contributed by atoms with van der Waals surface area (Å²) in [4.78, 5) is 13.5. The zero-order chi connectivity index (χ0) is 21.5. The lowest BCUT2D eigenvalue weighted by Gasteiger charge is -2.20. The van der Waals surface area contributed by atoms with Crippen LogP contribution < -0.4 is 0 Å². The first-order valence-electron chi connectivity index (χ1n) is 11.4. The van der Waals surface area contributed by atoms with Crippen molar-refractivity contribution < 1.29 is 9.53 Å². The number of carbonyl (C=O) groups excluding carboxylic acids is 1. The van der Waals surface area contributed by atoms with E-state index in [4.69, 9.17) is 4.74 Å². The molecule has 156 valence electrons. The summed E-state index contributed by atoms with van der Waals surface area (Å²) in [5, 5.41) is 0. The van der Waals surface area contributed by atoms with E-state index in [9.17, 15) is 4.79 Å². The quantitative estimate of drug-likeness (QED) is 0.441. The average Bonchev–Trinajstić information content (AvgIpc) is 3.26. The maximum absolute atomic E-state index is 13.5. The molecule has 2 unspecified atom stereocenters. The zero-order valence-corrected chi connectivity index (χ0v) is 17.8. The molecule has 2 atom stereocenters. The standard InChI is InChI=1S/C25H16O.C5H8O/c26-25-23-15-19-13-7-8-14-20(19)22(23)16-21(17-9-3-1-4-10-17)24(25)18-11-5-2-6-12-18;1-2-4-5(3-1)6-4/h1-16H;4-5H,1-3H2. The lowest BCUT2D eigenvalue weighted by Crippen LogP contribution is -2.12. The monoisotopic (exact) mass is 416 g/mol. The topological polar surface area (TPSA) is 29.6 Å². The highest BCUT2D eigenvalue weighted by Gasteiger charge is 2.42. The van der Waals surface area contributed by atoms with E-state index in [0.29, 0.717) is 12.2 Å². The normalized spacial score (nSPS) is 22.2. The van der Waals surface area contributed by atoms with Crippen LogP contribution in [0.5, 0.6) is 0 Å². The first-order valence-corrected chi connectivity index (χ1v) is 11.4. The number of benzene rings is 3. The van der Waals surface area contributed by atoms with E-state index in [1.165, 1.54) is 19.3 Å². The Morgan fingerprint density at radius 3 is 1.91 bits per heavy atom. The summed E-state index contributed by atoms with van der Waals surface area (Å²) >= 11 is 0. The van der Waals surface area contributed by atoms with Gasteiger partial charge in [-0.05, 0) is 64.8 Å². The Balaban J connectivity index is 0.000000279. The van der Waals surface area contributed by atoms with E-state index in [1.54, 1.807) is 0 Å². The smallest absolute Gasteiger partial charge is 0.194 e. The predicted octanol–water partition coefficient (Wildman–Crippen LogP) is 6.60. The van der Waals surface area contributed by atoms with E-state index in [0.717, 1.165) is 44.5 Å². The number of allylic oxidation sites excluding steroid dienone is 5. The van der Waals surface area contributed by atoms with Crippen molar-refractivity contribution in [2.75, 3.05) is 0 Å². The van der Waals surface area contributed by atoms with Gasteiger partial charge in [0.05, 0.1) is 12.2 Å². The second-order valence-corrected chi connectivity index (χ2v) is 8.70. The van der Waals surface area contributed by atoms with Gasteiger partial charge in [0.1, 0.15) is 0 Å². The summed E-state index contributed by atoms with van der Waals surface area (Å²) in [6, 6.07) is 28.3. The Labute approximate surface area is 188 Å². The van der Waals surface area contributed by atoms with Crippen LogP contribution in [0, 0.1) is 0 Å². The van der Waals surface area contributed by atoms with E-state index < -0.39 is 0 Å². The van der Waals surface area contributed by atoms with Crippen molar-refractivity contribution in [3.63, 3.8) is 0 Å². The number of Topliss-reactive ketones (excluding diaryl/α,β-unsaturated/α-hetero) is 1. The molecule has 2 nitrogen and oxygen atoms in total. The summed E-state index contributed by atoms with van der Waals surface area (Å²) in [6.07, 6.45) is 9.71. The molecule has 0 bridgehead atoms. The van der Waals surface area contributed by atoms with Gasteiger partial charge in [-0.25, -0.2) is 0 Å². The zero-order valence-electron chi connectivity index (χ0n) is 17.8. The van der Waals surface area contributed by atoms with Crippen LogP contribution in [-0.2, 0) is 9.53 Å². The van der Waals surface area contributed by atoms with E-state index in [1.807, 2.05) is 66.7 Å². The fourth-order valence-electron chi connectivity index (χ4n) is 5.01. The Bertz CT molecular complexity index is 1270. The largest absolute Gasteiger partial charge is 0.370 e. The number of hydrogen-bond acceptors (Lipinski definition) is 2. The lowest BCUT2D eigenvalue weighted by atomic mass is 9.81. The molecule has 3 aliphatic carbocycles. The molecule has 1 saturated heterocycles. The van der Waals surface area contributed by atoms with Gasteiger partial charge >= 0.3 is 0 Å². The predicted molar refractivity (Wildman–Crippen MR) is 130 cm³/mol. The fraction of sp³-hybridized carbons (Fsp3) is 0.167.